The molecule has 3 nitrogen and oxygen atoms in total. The summed E-state index contributed by atoms with van der Waals surface area (Å²) in [5.74, 6) is -0.00438. The molecule has 1 atom stereocenters. The van der Waals surface area contributed by atoms with Crippen LogP contribution < -0.4 is 0 Å². The SMILES string of the molecule is Cc1cc(C(=O)C(C)Cl)c(C)n1CCc1nccs1. The Morgan fingerprint density at radius 2 is 2.26 bits per heavy atom. The Balaban J connectivity index is 2.19. The van der Waals surface area contributed by atoms with Crippen LogP contribution in [0.4, 0.5) is 0 Å². The highest BCUT2D eigenvalue weighted by Crippen LogP contribution is 2.19. The molecule has 0 aromatic carbocycles. The fourth-order valence-corrected chi connectivity index (χ4v) is 2.92. The zero-order valence-corrected chi connectivity index (χ0v) is 12.9. The van der Waals surface area contributed by atoms with E-state index in [1.165, 1.54) is 0 Å². The van der Waals surface area contributed by atoms with Gasteiger partial charge >= 0.3 is 0 Å². The maximum absolute atomic E-state index is 12.0. The molecule has 0 radical (unpaired) electrons. The number of aryl methyl sites for hydroxylation is 2. The van der Waals surface area contributed by atoms with Crippen molar-refractivity contribution in [3.8, 4) is 0 Å². The summed E-state index contributed by atoms with van der Waals surface area (Å²) < 4.78 is 2.16. The van der Waals surface area contributed by atoms with Gasteiger partial charge in [0.2, 0.25) is 0 Å². The second-order valence-corrected chi connectivity index (χ2v) is 6.23. The van der Waals surface area contributed by atoms with Crippen molar-refractivity contribution in [1.29, 1.82) is 0 Å². The third kappa shape index (κ3) is 3.07. The van der Waals surface area contributed by atoms with E-state index in [9.17, 15) is 4.79 Å². The van der Waals surface area contributed by atoms with Gasteiger partial charge in [0.1, 0.15) is 0 Å². The smallest absolute Gasteiger partial charge is 0.182 e. The lowest BCUT2D eigenvalue weighted by atomic mass is 10.1. The highest BCUT2D eigenvalue weighted by atomic mass is 35.5. The minimum absolute atomic E-state index is 0.00438. The average molecular weight is 297 g/mol. The summed E-state index contributed by atoms with van der Waals surface area (Å²) in [5.41, 5.74) is 2.82. The molecular weight excluding hydrogens is 280 g/mol. The number of hydrogen-bond donors (Lipinski definition) is 0. The van der Waals surface area contributed by atoms with Crippen LogP contribution in [-0.2, 0) is 13.0 Å². The van der Waals surface area contributed by atoms with Gasteiger partial charge in [-0.15, -0.1) is 22.9 Å². The van der Waals surface area contributed by atoms with E-state index in [4.69, 9.17) is 11.6 Å². The lowest BCUT2D eigenvalue weighted by molar-refractivity contribution is 0.0991. The Kier molecular flexibility index (Phi) is 4.42. The zero-order chi connectivity index (χ0) is 14.0. The number of thiazole rings is 1. The van der Waals surface area contributed by atoms with Crippen molar-refractivity contribution in [2.45, 2.75) is 39.1 Å². The van der Waals surface area contributed by atoms with Crippen LogP contribution in [0.25, 0.3) is 0 Å². The number of ketones is 1. The second-order valence-electron chi connectivity index (χ2n) is 4.59. The molecule has 0 N–H and O–H groups in total. The summed E-state index contributed by atoms with van der Waals surface area (Å²) in [6.45, 7) is 6.55. The molecule has 0 spiro atoms. The Labute approximate surface area is 122 Å². The van der Waals surface area contributed by atoms with Crippen LogP contribution in [0, 0.1) is 13.8 Å². The monoisotopic (exact) mass is 296 g/mol. The molecule has 0 aliphatic carbocycles. The maximum Gasteiger partial charge on any atom is 0.182 e. The van der Waals surface area contributed by atoms with E-state index in [1.807, 2.05) is 31.5 Å². The molecule has 0 saturated carbocycles. The van der Waals surface area contributed by atoms with Crippen LogP contribution in [0.15, 0.2) is 17.6 Å². The van der Waals surface area contributed by atoms with Crippen LogP contribution in [0.2, 0.25) is 0 Å². The highest BCUT2D eigenvalue weighted by molar-refractivity contribution is 7.09. The van der Waals surface area contributed by atoms with Crippen molar-refractivity contribution in [2.75, 3.05) is 0 Å². The fraction of sp³-hybridized carbons (Fsp3) is 0.429. The first-order valence-electron chi connectivity index (χ1n) is 6.24. The molecule has 0 bridgehead atoms. The van der Waals surface area contributed by atoms with E-state index >= 15 is 0 Å². The Hall–Kier alpha value is -1.13. The van der Waals surface area contributed by atoms with Crippen LogP contribution in [0.1, 0.15) is 33.7 Å². The van der Waals surface area contributed by atoms with Crippen molar-refractivity contribution < 1.29 is 4.79 Å². The normalized spacial score (nSPS) is 12.6. The molecule has 0 aliphatic heterocycles. The summed E-state index contributed by atoms with van der Waals surface area (Å²) in [6, 6.07) is 1.93. The van der Waals surface area contributed by atoms with Gasteiger partial charge in [-0.2, -0.15) is 0 Å². The highest BCUT2D eigenvalue weighted by Gasteiger charge is 2.19. The molecule has 102 valence electrons. The number of alkyl halides is 1. The van der Waals surface area contributed by atoms with Gasteiger partial charge in [0.25, 0.3) is 0 Å². The fourth-order valence-electron chi connectivity index (χ4n) is 2.19. The standard InChI is InChI=1S/C14H17ClN2OS/c1-9-8-12(14(18)10(2)15)11(3)17(9)6-4-13-16-5-7-19-13/h5,7-8,10H,4,6H2,1-3H3. The van der Waals surface area contributed by atoms with Crippen molar-refractivity contribution in [2.24, 2.45) is 0 Å². The van der Waals surface area contributed by atoms with E-state index in [-0.39, 0.29) is 5.78 Å². The molecule has 2 aromatic rings. The summed E-state index contributed by atoms with van der Waals surface area (Å²) in [4.78, 5) is 16.3. The van der Waals surface area contributed by atoms with Gasteiger partial charge in [0.15, 0.2) is 5.78 Å². The van der Waals surface area contributed by atoms with E-state index in [1.54, 1.807) is 18.3 Å². The van der Waals surface area contributed by atoms with Crippen LogP contribution >= 0.6 is 22.9 Å². The van der Waals surface area contributed by atoms with Crippen molar-refractivity contribution in [3.63, 3.8) is 0 Å². The van der Waals surface area contributed by atoms with Crippen molar-refractivity contribution in [1.82, 2.24) is 9.55 Å². The zero-order valence-electron chi connectivity index (χ0n) is 11.3. The molecule has 0 saturated heterocycles. The number of hydrogen-bond acceptors (Lipinski definition) is 3. The number of rotatable bonds is 5. The minimum atomic E-state index is -0.479. The van der Waals surface area contributed by atoms with Gasteiger partial charge in [-0.05, 0) is 26.8 Å². The summed E-state index contributed by atoms with van der Waals surface area (Å²) in [6.07, 6.45) is 2.71. The van der Waals surface area contributed by atoms with Gasteiger partial charge in [-0.1, -0.05) is 0 Å². The van der Waals surface area contributed by atoms with Crippen LogP contribution in [0.5, 0.6) is 0 Å². The van der Waals surface area contributed by atoms with Crippen LogP contribution in [-0.4, -0.2) is 20.7 Å². The Morgan fingerprint density at radius 3 is 2.84 bits per heavy atom. The number of carbonyl (C=O) groups is 1. The molecule has 0 fully saturated rings. The summed E-state index contributed by atoms with van der Waals surface area (Å²) in [5, 5.41) is 2.62. The number of nitrogens with zero attached hydrogens (tertiary/aromatic N) is 2. The predicted molar refractivity (Wildman–Crippen MR) is 79.4 cm³/mol. The van der Waals surface area contributed by atoms with Crippen molar-refractivity contribution in [3.05, 3.63) is 39.6 Å². The molecule has 2 rings (SSSR count). The van der Waals surface area contributed by atoms with Gasteiger partial charge in [0.05, 0.1) is 10.4 Å². The lowest BCUT2D eigenvalue weighted by Gasteiger charge is -2.09. The molecule has 0 aliphatic rings. The molecule has 5 heteroatoms. The number of halogens is 1. The first-order valence-corrected chi connectivity index (χ1v) is 7.55. The van der Waals surface area contributed by atoms with Gasteiger partial charge in [0, 0.05) is 41.5 Å². The molecule has 2 aromatic heterocycles. The van der Waals surface area contributed by atoms with Gasteiger partial charge < -0.3 is 4.57 Å². The summed E-state index contributed by atoms with van der Waals surface area (Å²) in [7, 11) is 0. The summed E-state index contributed by atoms with van der Waals surface area (Å²) >= 11 is 7.55. The molecule has 0 amide bonds. The van der Waals surface area contributed by atoms with E-state index < -0.39 is 5.38 Å². The average Bonchev–Trinajstić information content (AvgIpc) is 2.96. The minimum Gasteiger partial charge on any atom is -0.348 e. The second kappa shape index (κ2) is 5.88. The molecule has 2 heterocycles. The third-order valence-corrected chi connectivity index (χ3v) is 4.27. The Morgan fingerprint density at radius 1 is 1.53 bits per heavy atom. The third-order valence-electron chi connectivity index (χ3n) is 3.23. The van der Waals surface area contributed by atoms with E-state index in [0.29, 0.717) is 0 Å². The topological polar surface area (TPSA) is 34.9 Å². The largest absolute Gasteiger partial charge is 0.348 e. The van der Waals surface area contributed by atoms with Crippen molar-refractivity contribution >= 4 is 28.7 Å². The van der Waals surface area contributed by atoms with E-state index in [2.05, 4.69) is 9.55 Å². The predicted octanol–water partition coefficient (Wildman–Crippen LogP) is 3.61. The molecular formula is C14H17ClN2OS. The van der Waals surface area contributed by atoms with E-state index in [0.717, 1.165) is 34.9 Å². The van der Waals surface area contributed by atoms with Gasteiger partial charge in [-0.25, -0.2) is 4.98 Å². The quantitative estimate of drug-likeness (QED) is 0.624. The number of Topliss-reactive ketones (excluding diaryl/α,β-unsaturated/α-hetero) is 1. The molecule has 1 unspecified atom stereocenters. The Bertz CT molecular complexity index is 573. The lowest BCUT2D eigenvalue weighted by Crippen LogP contribution is -2.12. The first-order chi connectivity index (χ1) is 9.00. The maximum atomic E-state index is 12.0. The molecule has 19 heavy (non-hydrogen) atoms. The first kappa shape index (κ1) is 14.3. The van der Waals surface area contributed by atoms with Gasteiger partial charge in [-0.3, -0.25) is 4.79 Å². The number of carbonyl (C=O) groups excluding carboxylic acids is 1. The number of aromatic nitrogens is 2. The van der Waals surface area contributed by atoms with Crippen LogP contribution in [0.3, 0.4) is 0 Å².